The predicted molar refractivity (Wildman–Crippen MR) is 91.3 cm³/mol. The molecule has 0 radical (unpaired) electrons. The van der Waals surface area contributed by atoms with Gasteiger partial charge in [-0.1, -0.05) is 39.1 Å². The van der Waals surface area contributed by atoms with Crippen LogP contribution in [0.1, 0.15) is 10.4 Å². The smallest absolute Gasteiger partial charge is 0.256 e. The summed E-state index contributed by atoms with van der Waals surface area (Å²) in [4.78, 5) is 12.2. The molecule has 1 amide bonds. The fraction of sp³-hybridized carbons (Fsp3) is 0. The van der Waals surface area contributed by atoms with Crippen molar-refractivity contribution in [1.82, 2.24) is 0 Å². The summed E-state index contributed by atoms with van der Waals surface area (Å²) in [6, 6.07) is 10.4. The molecule has 0 saturated heterocycles. The second-order valence-electron chi connectivity index (χ2n) is 3.74. The normalized spacial score (nSPS) is 10.3. The Hall–Kier alpha value is -0.300. The Labute approximate surface area is 142 Å². The number of rotatable bonds is 2. The molecule has 0 atom stereocenters. The molecule has 0 aliphatic carbocycles. The number of hydrogen-bond acceptors (Lipinski definition) is 1. The lowest BCUT2D eigenvalue weighted by molar-refractivity contribution is 0.102. The van der Waals surface area contributed by atoms with E-state index < -0.39 is 0 Å². The average molecular weight is 471 g/mol. The van der Waals surface area contributed by atoms with Gasteiger partial charge in [0.25, 0.3) is 5.91 Å². The molecule has 0 heterocycles. The summed E-state index contributed by atoms with van der Waals surface area (Å²) < 4.78 is 1.72. The van der Waals surface area contributed by atoms with Gasteiger partial charge in [0.2, 0.25) is 0 Å². The summed E-state index contributed by atoms with van der Waals surface area (Å²) in [5.74, 6) is -0.205. The summed E-state index contributed by atoms with van der Waals surface area (Å²) in [6.45, 7) is 0. The number of hydrogen-bond donors (Lipinski definition) is 1. The molecule has 2 aromatic rings. The van der Waals surface area contributed by atoms with Crippen LogP contribution in [0.5, 0.6) is 0 Å². The highest BCUT2D eigenvalue weighted by Gasteiger charge is 2.11. The van der Waals surface area contributed by atoms with Gasteiger partial charge in [-0.3, -0.25) is 4.79 Å². The van der Waals surface area contributed by atoms with Gasteiger partial charge in [0.15, 0.2) is 0 Å². The standard InChI is InChI=1S/C13H7BrCl2INO/c14-7-1-2-12(17)11(3-7)13(19)18-10-5-8(15)4-9(16)6-10/h1-6H,(H,18,19). The molecule has 0 aliphatic rings. The Morgan fingerprint density at radius 2 is 1.74 bits per heavy atom. The molecule has 2 nitrogen and oxygen atoms in total. The molecular weight excluding hydrogens is 464 g/mol. The molecule has 2 aromatic carbocycles. The van der Waals surface area contributed by atoms with Crippen molar-refractivity contribution in [3.8, 4) is 0 Å². The third kappa shape index (κ3) is 4.08. The number of anilines is 1. The Kier molecular flexibility index (Phi) is 5.11. The van der Waals surface area contributed by atoms with Crippen LogP contribution in [0.25, 0.3) is 0 Å². The highest BCUT2D eigenvalue weighted by atomic mass is 127. The average Bonchev–Trinajstić information content (AvgIpc) is 2.30. The van der Waals surface area contributed by atoms with Crippen molar-refractivity contribution in [3.05, 3.63) is 60.0 Å². The van der Waals surface area contributed by atoms with Crippen LogP contribution >= 0.6 is 61.7 Å². The minimum absolute atomic E-state index is 0.205. The van der Waals surface area contributed by atoms with Crippen LogP contribution in [0.3, 0.4) is 0 Å². The topological polar surface area (TPSA) is 29.1 Å². The Morgan fingerprint density at radius 1 is 1.11 bits per heavy atom. The zero-order valence-corrected chi connectivity index (χ0v) is 14.6. The maximum absolute atomic E-state index is 12.2. The quantitative estimate of drug-likeness (QED) is 0.568. The molecule has 0 fully saturated rings. The molecule has 0 bridgehead atoms. The summed E-state index contributed by atoms with van der Waals surface area (Å²) in [7, 11) is 0. The van der Waals surface area contributed by atoms with Crippen molar-refractivity contribution in [2.45, 2.75) is 0 Å². The first-order valence-corrected chi connectivity index (χ1v) is 7.81. The number of nitrogens with one attached hydrogen (secondary N) is 1. The van der Waals surface area contributed by atoms with Crippen LogP contribution in [-0.2, 0) is 0 Å². The van der Waals surface area contributed by atoms with E-state index in [0.717, 1.165) is 8.04 Å². The highest BCUT2D eigenvalue weighted by Crippen LogP contribution is 2.24. The minimum atomic E-state index is -0.205. The van der Waals surface area contributed by atoms with Gasteiger partial charge < -0.3 is 5.32 Å². The lowest BCUT2D eigenvalue weighted by Gasteiger charge is -2.08. The van der Waals surface area contributed by atoms with Crippen molar-refractivity contribution in [2.24, 2.45) is 0 Å². The summed E-state index contributed by atoms with van der Waals surface area (Å²) in [5, 5.41) is 3.73. The van der Waals surface area contributed by atoms with E-state index in [0.29, 0.717) is 21.3 Å². The van der Waals surface area contributed by atoms with Crippen molar-refractivity contribution < 1.29 is 4.79 Å². The molecule has 0 unspecified atom stereocenters. The molecule has 0 spiro atoms. The van der Waals surface area contributed by atoms with Gasteiger partial charge in [-0.15, -0.1) is 0 Å². The van der Waals surface area contributed by atoms with E-state index in [9.17, 15) is 4.79 Å². The first-order chi connectivity index (χ1) is 8.95. The zero-order valence-electron chi connectivity index (χ0n) is 9.38. The molecule has 0 aliphatic heterocycles. The number of halogens is 4. The van der Waals surface area contributed by atoms with Crippen LogP contribution < -0.4 is 5.32 Å². The molecule has 0 saturated carbocycles. The van der Waals surface area contributed by atoms with E-state index in [1.54, 1.807) is 24.3 Å². The van der Waals surface area contributed by atoms with Crippen LogP contribution in [0.4, 0.5) is 5.69 Å². The van der Waals surface area contributed by atoms with Crippen LogP contribution in [0.2, 0.25) is 10.0 Å². The lowest BCUT2D eigenvalue weighted by atomic mass is 10.2. The van der Waals surface area contributed by atoms with Crippen LogP contribution in [0.15, 0.2) is 40.9 Å². The molecule has 0 aromatic heterocycles. The number of benzene rings is 2. The molecule has 98 valence electrons. The molecule has 19 heavy (non-hydrogen) atoms. The number of carbonyl (C=O) groups excluding carboxylic acids is 1. The molecular formula is C13H7BrCl2INO. The third-order valence-electron chi connectivity index (χ3n) is 2.29. The third-order valence-corrected chi connectivity index (χ3v) is 4.16. The van der Waals surface area contributed by atoms with Crippen molar-refractivity contribution >= 4 is 73.3 Å². The summed E-state index contributed by atoms with van der Waals surface area (Å²) >= 11 is 17.2. The second kappa shape index (κ2) is 6.43. The Bertz CT molecular complexity index is 628. The predicted octanol–water partition coefficient (Wildman–Crippen LogP) is 5.61. The monoisotopic (exact) mass is 469 g/mol. The minimum Gasteiger partial charge on any atom is -0.322 e. The highest BCUT2D eigenvalue weighted by molar-refractivity contribution is 14.1. The van der Waals surface area contributed by atoms with Gasteiger partial charge in [0.1, 0.15) is 0 Å². The Morgan fingerprint density at radius 3 is 2.37 bits per heavy atom. The summed E-state index contributed by atoms with van der Waals surface area (Å²) in [6.07, 6.45) is 0. The molecule has 6 heteroatoms. The van der Waals surface area contributed by atoms with Crippen molar-refractivity contribution in [1.29, 1.82) is 0 Å². The van der Waals surface area contributed by atoms with Crippen LogP contribution in [0, 0.1) is 3.57 Å². The van der Waals surface area contributed by atoms with Crippen molar-refractivity contribution in [2.75, 3.05) is 5.32 Å². The summed E-state index contributed by atoms with van der Waals surface area (Å²) in [5.41, 5.74) is 1.16. The van der Waals surface area contributed by atoms with E-state index in [4.69, 9.17) is 23.2 Å². The Balaban J connectivity index is 2.28. The van der Waals surface area contributed by atoms with Crippen molar-refractivity contribution in [3.63, 3.8) is 0 Å². The van der Waals surface area contributed by atoms with Gasteiger partial charge in [-0.2, -0.15) is 0 Å². The van der Waals surface area contributed by atoms with E-state index in [-0.39, 0.29) is 5.91 Å². The van der Waals surface area contributed by atoms with Gasteiger partial charge >= 0.3 is 0 Å². The SMILES string of the molecule is O=C(Nc1cc(Cl)cc(Cl)c1)c1cc(Br)ccc1I. The van der Waals surface area contributed by atoms with Crippen LogP contribution in [-0.4, -0.2) is 5.91 Å². The first-order valence-electron chi connectivity index (χ1n) is 5.18. The fourth-order valence-corrected chi connectivity index (χ4v) is 2.96. The largest absolute Gasteiger partial charge is 0.322 e. The van der Waals surface area contributed by atoms with E-state index in [2.05, 4.69) is 43.8 Å². The van der Waals surface area contributed by atoms with Gasteiger partial charge in [-0.05, 0) is 59.0 Å². The van der Waals surface area contributed by atoms with Gasteiger partial charge in [0, 0.05) is 23.8 Å². The number of amides is 1. The lowest BCUT2D eigenvalue weighted by Crippen LogP contribution is -2.13. The number of carbonyl (C=O) groups is 1. The maximum Gasteiger partial charge on any atom is 0.256 e. The molecule has 2 rings (SSSR count). The second-order valence-corrected chi connectivity index (χ2v) is 6.69. The molecule has 1 N–H and O–H groups in total. The fourth-order valence-electron chi connectivity index (χ4n) is 1.50. The first kappa shape index (κ1) is 15.1. The van der Waals surface area contributed by atoms with Gasteiger partial charge in [-0.25, -0.2) is 0 Å². The van der Waals surface area contributed by atoms with E-state index in [1.165, 1.54) is 0 Å². The van der Waals surface area contributed by atoms with Gasteiger partial charge in [0.05, 0.1) is 5.56 Å². The van der Waals surface area contributed by atoms with E-state index in [1.807, 2.05) is 12.1 Å². The van der Waals surface area contributed by atoms with E-state index >= 15 is 0 Å². The maximum atomic E-state index is 12.2. The zero-order chi connectivity index (χ0) is 14.0.